The first-order valence-electron chi connectivity index (χ1n) is 10.1. The van der Waals surface area contributed by atoms with Crippen molar-refractivity contribution in [1.29, 1.82) is 0 Å². The first kappa shape index (κ1) is 20.9. The van der Waals surface area contributed by atoms with Crippen LogP contribution in [0.2, 0.25) is 5.02 Å². The van der Waals surface area contributed by atoms with Crippen molar-refractivity contribution in [2.24, 2.45) is 5.92 Å². The van der Waals surface area contributed by atoms with E-state index >= 15 is 0 Å². The van der Waals surface area contributed by atoms with Crippen molar-refractivity contribution in [3.8, 4) is 5.69 Å². The van der Waals surface area contributed by atoms with Crippen LogP contribution < -0.4 is 5.32 Å². The fourth-order valence-corrected chi connectivity index (χ4v) is 3.79. The third-order valence-corrected chi connectivity index (χ3v) is 5.21. The summed E-state index contributed by atoms with van der Waals surface area (Å²) < 4.78 is 7.55. The van der Waals surface area contributed by atoms with Gasteiger partial charge in [0.1, 0.15) is 0 Å². The number of benzene rings is 1. The van der Waals surface area contributed by atoms with Crippen molar-refractivity contribution in [3.63, 3.8) is 0 Å². The Morgan fingerprint density at radius 3 is 2.57 bits per heavy atom. The highest BCUT2D eigenvalue weighted by atomic mass is 35.5. The number of carbonyl (C=O) groups excluding carboxylic acids is 1. The molecule has 6 heteroatoms. The average molecular weight is 404 g/mol. The van der Waals surface area contributed by atoms with E-state index in [1.54, 1.807) is 0 Å². The Kier molecular flexibility index (Phi) is 6.78. The fourth-order valence-electron chi connectivity index (χ4n) is 3.67. The first-order chi connectivity index (χ1) is 13.4. The molecule has 0 spiro atoms. The van der Waals surface area contributed by atoms with E-state index in [0.717, 1.165) is 42.9 Å². The molecule has 1 aliphatic rings. The Balaban J connectivity index is 1.99. The van der Waals surface area contributed by atoms with Crippen LogP contribution in [0.5, 0.6) is 0 Å². The molecule has 5 nitrogen and oxygen atoms in total. The van der Waals surface area contributed by atoms with E-state index < -0.39 is 0 Å². The molecule has 1 atom stereocenters. The van der Waals surface area contributed by atoms with Crippen molar-refractivity contribution in [2.75, 3.05) is 13.2 Å². The maximum Gasteiger partial charge on any atom is 0.255 e. The zero-order chi connectivity index (χ0) is 20.3. The number of ether oxygens (including phenoxy) is 1. The lowest BCUT2D eigenvalue weighted by Gasteiger charge is -2.15. The lowest BCUT2D eigenvalue weighted by atomic mass is 9.98. The standard InChI is InChI=1S/C22H30ClN3O2/c1-14(2)12-19-20(22(27)24-13-18-6-5-11-28-18)21(15(3)4)26(25-19)17-9-7-16(23)8-10-17/h7-10,14-15,18H,5-6,11-13H2,1-4H3,(H,24,27). The predicted octanol–water partition coefficient (Wildman–Crippen LogP) is 4.76. The largest absolute Gasteiger partial charge is 0.376 e. The molecule has 3 rings (SSSR count). The van der Waals surface area contributed by atoms with Gasteiger partial charge in [-0.15, -0.1) is 0 Å². The Hall–Kier alpha value is -1.85. The summed E-state index contributed by atoms with van der Waals surface area (Å²) in [5.41, 5.74) is 3.40. The minimum atomic E-state index is -0.0601. The zero-order valence-electron chi connectivity index (χ0n) is 17.2. The van der Waals surface area contributed by atoms with Gasteiger partial charge in [0.2, 0.25) is 0 Å². The summed E-state index contributed by atoms with van der Waals surface area (Å²) in [6.07, 6.45) is 2.93. The molecule has 28 heavy (non-hydrogen) atoms. The zero-order valence-corrected chi connectivity index (χ0v) is 17.9. The highest BCUT2D eigenvalue weighted by Gasteiger charge is 2.27. The summed E-state index contributed by atoms with van der Waals surface area (Å²) in [5.74, 6) is 0.487. The van der Waals surface area contributed by atoms with Crippen molar-refractivity contribution in [1.82, 2.24) is 15.1 Å². The lowest BCUT2D eigenvalue weighted by Crippen LogP contribution is -2.33. The van der Waals surface area contributed by atoms with Gasteiger partial charge in [0.05, 0.1) is 28.7 Å². The normalized spacial score (nSPS) is 16.9. The second kappa shape index (κ2) is 9.10. The minimum Gasteiger partial charge on any atom is -0.376 e. The van der Waals surface area contributed by atoms with Crippen LogP contribution in [-0.2, 0) is 11.2 Å². The van der Waals surface area contributed by atoms with Gasteiger partial charge in [-0.05, 0) is 55.4 Å². The van der Waals surface area contributed by atoms with E-state index in [1.807, 2.05) is 28.9 Å². The third-order valence-electron chi connectivity index (χ3n) is 4.95. The van der Waals surface area contributed by atoms with E-state index in [2.05, 4.69) is 33.0 Å². The number of amides is 1. The van der Waals surface area contributed by atoms with Gasteiger partial charge in [0.15, 0.2) is 0 Å². The molecule has 0 aliphatic carbocycles. The summed E-state index contributed by atoms with van der Waals surface area (Å²) >= 11 is 6.06. The molecule has 1 unspecified atom stereocenters. The van der Waals surface area contributed by atoms with Crippen LogP contribution in [0.15, 0.2) is 24.3 Å². The highest BCUT2D eigenvalue weighted by Crippen LogP contribution is 2.28. The molecule has 2 heterocycles. The molecule has 2 aromatic rings. The maximum atomic E-state index is 13.2. The van der Waals surface area contributed by atoms with Crippen molar-refractivity contribution in [3.05, 3.63) is 46.2 Å². The van der Waals surface area contributed by atoms with Crippen molar-refractivity contribution >= 4 is 17.5 Å². The summed E-state index contributed by atoms with van der Waals surface area (Å²) in [6, 6.07) is 7.58. The van der Waals surface area contributed by atoms with Crippen molar-refractivity contribution in [2.45, 2.75) is 59.0 Å². The van der Waals surface area contributed by atoms with Gasteiger partial charge in [0.25, 0.3) is 5.91 Å². The predicted molar refractivity (Wildman–Crippen MR) is 113 cm³/mol. The average Bonchev–Trinajstić information content (AvgIpc) is 3.27. The van der Waals surface area contributed by atoms with Crippen LogP contribution in [0, 0.1) is 5.92 Å². The number of carbonyl (C=O) groups is 1. The molecule has 1 aromatic heterocycles. The summed E-state index contributed by atoms with van der Waals surface area (Å²) in [7, 11) is 0. The SMILES string of the molecule is CC(C)Cc1nn(-c2ccc(Cl)cc2)c(C(C)C)c1C(=O)NCC1CCCO1. The summed E-state index contributed by atoms with van der Waals surface area (Å²) in [5, 5.41) is 8.62. The summed E-state index contributed by atoms with van der Waals surface area (Å²) in [6.45, 7) is 9.81. The molecular formula is C22H30ClN3O2. The van der Waals surface area contributed by atoms with Crippen LogP contribution in [0.25, 0.3) is 5.69 Å². The first-order valence-corrected chi connectivity index (χ1v) is 10.5. The quantitative estimate of drug-likeness (QED) is 0.725. The van der Waals surface area contributed by atoms with Gasteiger partial charge in [-0.2, -0.15) is 5.10 Å². The number of halogens is 1. The number of rotatable bonds is 7. The molecule has 0 bridgehead atoms. The molecule has 1 aliphatic heterocycles. The number of nitrogens with one attached hydrogen (secondary N) is 1. The number of aromatic nitrogens is 2. The molecule has 1 saturated heterocycles. The third kappa shape index (κ3) is 4.76. The van der Waals surface area contributed by atoms with E-state index in [1.165, 1.54) is 0 Å². The minimum absolute atomic E-state index is 0.0601. The Bertz CT molecular complexity index is 806. The monoisotopic (exact) mass is 403 g/mol. The van der Waals surface area contributed by atoms with Crippen LogP contribution in [0.1, 0.15) is 68.2 Å². The second-order valence-electron chi connectivity index (χ2n) is 8.19. The maximum absolute atomic E-state index is 13.2. The van der Waals surface area contributed by atoms with E-state index in [-0.39, 0.29) is 17.9 Å². The molecule has 1 N–H and O–H groups in total. The van der Waals surface area contributed by atoms with Gasteiger partial charge >= 0.3 is 0 Å². The Labute approximate surface area is 172 Å². The topological polar surface area (TPSA) is 56.2 Å². The number of hydrogen-bond donors (Lipinski definition) is 1. The van der Waals surface area contributed by atoms with Crippen LogP contribution >= 0.6 is 11.6 Å². The fraction of sp³-hybridized carbons (Fsp3) is 0.545. The Morgan fingerprint density at radius 1 is 1.29 bits per heavy atom. The lowest BCUT2D eigenvalue weighted by molar-refractivity contribution is 0.0855. The second-order valence-corrected chi connectivity index (χ2v) is 8.63. The van der Waals surface area contributed by atoms with Gasteiger partial charge < -0.3 is 10.1 Å². The van der Waals surface area contributed by atoms with Gasteiger partial charge in [-0.3, -0.25) is 4.79 Å². The smallest absolute Gasteiger partial charge is 0.255 e. The molecule has 1 aromatic carbocycles. The van der Waals surface area contributed by atoms with Gasteiger partial charge in [0, 0.05) is 18.2 Å². The molecular weight excluding hydrogens is 374 g/mol. The number of hydrogen-bond acceptors (Lipinski definition) is 3. The molecule has 152 valence electrons. The van der Waals surface area contributed by atoms with E-state index in [9.17, 15) is 4.79 Å². The number of nitrogens with zero attached hydrogens (tertiary/aromatic N) is 2. The van der Waals surface area contributed by atoms with E-state index in [4.69, 9.17) is 21.4 Å². The van der Waals surface area contributed by atoms with Crippen LogP contribution in [-0.4, -0.2) is 34.9 Å². The molecule has 0 saturated carbocycles. The van der Waals surface area contributed by atoms with Crippen LogP contribution in [0.4, 0.5) is 0 Å². The van der Waals surface area contributed by atoms with Crippen LogP contribution in [0.3, 0.4) is 0 Å². The van der Waals surface area contributed by atoms with E-state index in [0.29, 0.717) is 23.0 Å². The molecule has 0 radical (unpaired) electrons. The summed E-state index contributed by atoms with van der Waals surface area (Å²) in [4.78, 5) is 13.2. The Morgan fingerprint density at radius 2 is 2.00 bits per heavy atom. The highest BCUT2D eigenvalue weighted by molar-refractivity contribution is 6.30. The van der Waals surface area contributed by atoms with Gasteiger partial charge in [-0.1, -0.05) is 39.3 Å². The van der Waals surface area contributed by atoms with Gasteiger partial charge in [-0.25, -0.2) is 4.68 Å². The molecule has 1 fully saturated rings. The van der Waals surface area contributed by atoms with Crippen molar-refractivity contribution < 1.29 is 9.53 Å². The molecule has 1 amide bonds.